The van der Waals surface area contributed by atoms with Crippen LogP contribution in [0.1, 0.15) is 19.8 Å². The number of aryl methyl sites for hydroxylation is 2. The summed E-state index contributed by atoms with van der Waals surface area (Å²) in [5.41, 5.74) is 1.22. The molecule has 1 aliphatic heterocycles. The molecule has 0 unspecified atom stereocenters. The molecule has 178 valence electrons. The molecule has 0 bridgehead atoms. The second-order valence-electron chi connectivity index (χ2n) is 8.37. The number of ether oxygens (including phenoxy) is 1. The van der Waals surface area contributed by atoms with Gasteiger partial charge in [-0.15, -0.1) is 0 Å². The van der Waals surface area contributed by atoms with E-state index in [1.807, 2.05) is 29.7 Å². The molecule has 2 aromatic heterocycles. The minimum atomic E-state index is -0.392. The summed E-state index contributed by atoms with van der Waals surface area (Å²) in [7, 11) is 3.12. The van der Waals surface area contributed by atoms with Crippen molar-refractivity contribution in [1.82, 2.24) is 23.6 Å². The van der Waals surface area contributed by atoms with Crippen molar-refractivity contribution >= 4 is 28.5 Å². The highest BCUT2D eigenvalue weighted by atomic mass is 35.5. The summed E-state index contributed by atoms with van der Waals surface area (Å²) < 4.78 is 10.0. The molecule has 3 aromatic rings. The number of anilines is 1. The minimum absolute atomic E-state index is 0.344. The molecule has 33 heavy (non-hydrogen) atoms. The molecular weight excluding hydrogens is 444 g/mol. The van der Waals surface area contributed by atoms with Gasteiger partial charge in [0.1, 0.15) is 0 Å². The number of hydrogen-bond acceptors (Lipinski definition) is 6. The molecule has 10 heteroatoms. The number of halogens is 1. The number of unbranched alkanes of at least 4 members (excludes halogenated alkanes) is 1. The lowest BCUT2D eigenvalue weighted by Crippen LogP contribution is -2.46. The van der Waals surface area contributed by atoms with Crippen LogP contribution >= 0.6 is 11.6 Å². The summed E-state index contributed by atoms with van der Waals surface area (Å²) in [5, 5.41) is 0.767. The Kier molecular flexibility index (Phi) is 7.09. The van der Waals surface area contributed by atoms with Gasteiger partial charge in [-0.2, -0.15) is 4.98 Å². The quantitative estimate of drug-likeness (QED) is 0.465. The maximum Gasteiger partial charge on any atom is 0.332 e. The van der Waals surface area contributed by atoms with Crippen LogP contribution in [0.15, 0.2) is 33.9 Å². The lowest BCUT2D eigenvalue weighted by atomic mass is 10.2. The zero-order valence-electron chi connectivity index (χ0n) is 19.5. The molecule has 0 saturated carbocycles. The predicted octanol–water partition coefficient (Wildman–Crippen LogP) is 2.09. The average Bonchev–Trinajstić information content (AvgIpc) is 3.18. The molecule has 0 radical (unpaired) electrons. The highest BCUT2D eigenvalue weighted by Gasteiger charge is 2.20. The number of aromatic nitrogens is 4. The van der Waals surface area contributed by atoms with Crippen LogP contribution in [0.2, 0.25) is 5.02 Å². The molecule has 9 nitrogen and oxygen atoms in total. The van der Waals surface area contributed by atoms with E-state index in [0.717, 1.165) is 55.2 Å². The molecule has 1 aliphatic rings. The van der Waals surface area contributed by atoms with Crippen LogP contribution in [0.4, 0.5) is 5.69 Å². The van der Waals surface area contributed by atoms with Crippen LogP contribution in [0.25, 0.3) is 11.2 Å². The average molecular weight is 475 g/mol. The van der Waals surface area contributed by atoms with Crippen molar-refractivity contribution in [3.8, 4) is 6.01 Å². The van der Waals surface area contributed by atoms with Gasteiger partial charge in [-0.25, -0.2) is 4.79 Å². The van der Waals surface area contributed by atoms with E-state index in [2.05, 4.69) is 20.9 Å². The number of benzene rings is 1. The first-order valence-electron chi connectivity index (χ1n) is 11.4. The molecule has 1 aromatic carbocycles. The van der Waals surface area contributed by atoms with Crippen molar-refractivity contribution in [2.45, 2.75) is 26.3 Å². The van der Waals surface area contributed by atoms with E-state index in [0.29, 0.717) is 30.3 Å². The number of fused-ring (bicyclic) bond motifs is 1. The van der Waals surface area contributed by atoms with Crippen molar-refractivity contribution in [3.63, 3.8) is 0 Å². The molecule has 0 spiro atoms. The van der Waals surface area contributed by atoms with Gasteiger partial charge in [0.2, 0.25) is 0 Å². The lowest BCUT2D eigenvalue weighted by molar-refractivity contribution is 0.249. The Hall–Kier alpha value is -2.78. The zero-order chi connectivity index (χ0) is 23.5. The van der Waals surface area contributed by atoms with Gasteiger partial charge >= 0.3 is 5.69 Å². The van der Waals surface area contributed by atoms with Crippen LogP contribution in [-0.4, -0.2) is 62.9 Å². The molecular formula is C23H31ClN6O3. The first-order valence-corrected chi connectivity index (χ1v) is 11.8. The Morgan fingerprint density at radius 2 is 1.76 bits per heavy atom. The van der Waals surface area contributed by atoms with E-state index in [-0.39, 0.29) is 5.56 Å². The Morgan fingerprint density at radius 1 is 1.03 bits per heavy atom. The predicted molar refractivity (Wildman–Crippen MR) is 131 cm³/mol. The highest BCUT2D eigenvalue weighted by Crippen LogP contribution is 2.21. The molecule has 0 N–H and O–H groups in total. The van der Waals surface area contributed by atoms with Gasteiger partial charge < -0.3 is 9.64 Å². The largest absolute Gasteiger partial charge is 0.465 e. The Balaban J connectivity index is 1.37. The van der Waals surface area contributed by atoms with Crippen molar-refractivity contribution in [1.29, 1.82) is 0 Å². The van der Waals surface area contributed by atoms with Crippen LogP contribution in [0.5, 0.6) is 6.01 Å². The molecule has 4 rings (SSSR count). The first-order chi connectivity index (χ1) is 15.9. The third-order valence-corrected chi connectivity index (χ3v) is 6.47. The molecule has 1 saturated heterocycles. The van der Waals surface area contributed by atoms with Crippen molar-refractivity contribution in [2.24, 2.45) is 14.1 Å². The fourth-order valence-electron chi connectivity index (χ4n) is 4.38. The molecule has 0 amide bonds. The maximum atomic E-state index is 12.8. The van der Waals surface area contributed by atoms with Crippen molar-refractivity contribution < 1.29 is 4.74 Å². The molecule has 0 aliphatic carbocycles. The number of piperazine rings is 1. The molecule has 1 fully saturated rings. The van der Waals surface area contributed by atoms with E-state index < -0.39 is 5.69 Å². The summed E-state index contributed by atoms with van der Waals surface area (Å²) in [4.78, 5) is 34.4. The van der Waals surface area contributed by atoms with Gasteiger partial charge in [0.25, 0.3) is 11.6 Å². The van der Waals surface area contributed by atoms with Crippen molar-refractivity contribution in [3.05, 3.63) is 50.1 Å². The van der Waals surface area contributed by atoms with Crippen molar-refractivity contribution in [2.75, 3.05) is 44.2 Å². The third kappa shape index (κ3) is 4.79. The van der Waals surface area contributed by atoms with E-state index in [1.54, 1.807) is 7.05 Å². The third-order valence-electron chi connectivity index (χ3n) is 6.24. The Morgan fingerprint density at radius 3 is 2.45 bits per heavy atom. The monoisotopic (exact) mass is 474 g/mol. The highest BCUT2D eigenvalue weighted by molar-refractivity contribution is 6.30. The minimum Gasteiger partial charge on any atom is -0.465 e. The Labute approximate surface area is 197 Å². The summed E-state index contributed by atoms with van der Waals surface area (Å²) >= 11 is 6.13. The summed E-state index contributed by atoms with van der Waals surface area (Å²) in [5.74, 6) is 0. The topological polar surface area (TPSA) is 77.5 Å². The zero-order valence-corrected chi connectivity index (χ0v) is 20.2. The standard InChI is InChI=1S/C23H31ClN6O3/c1-4-33-22-25-20-19(21(31)27(3)23(32)26(20)2)30(22)11-6-5-10-28-12-14-29(15-13-28)18-9-7-8-17(24)16-18/h7-9,16H,4-6,10-15H2,1-3H3. The summed E-state index contributed by atoms with van der Waals surface area (Å²) in [6, 6.07) is 8.40. The van der Waals surface area contributed by atoms with E-state index >= 15 is 0 Å². The van der Waals surface area contributed by atoms with Crippen LogP contribution in [0, 0.1) is 0 Å². The molecule has 0 atom stereocenters. The smallest absolute Gasteiger partial charge is 0.332 e. The number of rotatable bonds is 8. The van der Waals surface area contributed by atoms with Gasteiger partial charge in [-0.1, -0.05) is 17.7 Å². The fourth-order valence-corrected chi connectivity index (χ4v) is 4.57. The van der Waals surface area contributed by atoms with Gasteiger partial charge in [-0.05, 0) is 44.5 Å². The van der Waals surface area contributed by atoms with Gasteiger partial charge in [0.15, 0.2) is 11.2 Å². The second kappa shape index (κ2) is 10.0. The summed E-state index contributed by atoms with van der Waals surface area (Å²) in [6.45, 7) is 7.90. The van der Waals surface area contributed by atoms with Gasteiger partial charge in [0.05, 0.1) is 6.61 Å². The normalized spacial score (nSPS) is 14.8. The van der Waals surface area contributed by atoms with Crippen LogP contribution in [0.3, 0.4) is 0 Å². The van der Waals surface area contributed by atoms with E-state index in [1.165, 1.54) is 17.3 Å². The lowest BCUT2D eigenvalue weighted by Gasteiger charge is -2.36. The summed E-state index contributed by atoms with van der Waals surface area (Å²) in [6.07, 6.45) is 1.88. The van der Waals surface area contributed by atoms with Gasteiger partial charge in [-0.3, -0.25) is 23.4 Å². The Bertz CT molecular complexity index is 1240. The van der Waals surface area contributed by atoms with E-state index in [4.69, 9.17) is 16.3 Å². The number of imidazole rings is 1. The second-order valence-corrected chi connectivity index (χ2v) is 8.81. The van der Waals surface area contributed by atoms with Crippen LogP contribution < -0.4 is 20.9 Å². The van der Waals surface area contributed by atoms with E-state index in [9.17, 15) is 9.59 Å². The number of hydrogen-bond donors (Lipinski definition) is 0. The molecule has 3 heterocycles. The van der Waals surface area contributed by atoms with Gasteiger partial charge in [0, 0.05) is 57.5 Å². The SMILES string of the molecule is CCOc1nc2c(c(=O)n(C)c(=O)n2C)n1CCCCN1CCN(c2cccc(Cl)c2)CC1. The maximum absolute atomic E-state index is 12.8. The van der Waals surface area contributed by atoms with Crippen LogP contribution in [-0.2, 0) is 20.6 Å². The first kappa shape index (κ1) is 23.4. The number of nitrogens with zero attached hydrogens (tertiary/aromatic N) is 6. The fraction of sp³-hybridized carbons (Fsp3) is 0.522.